The highest BCUT2D eigenvalue weighted by Gasteiger charge is 2.26. The third-order valence-electron chi connectivity index (χ3n) is 6.27. The zero-order valence-electron chi connectivity index (χ0n) is 22.8. The van der Waals surface area contributed by atoms with E-state index in [0.29, 0.717) is 22.4 Å². The second-order valence-corrected chi connectivity index (χ2v) is 12.4. The van der Waals surface area contributed by atoms with Gasteiger partial charge in [0, 0.05) is 37.6 Å². The fraction of sp³-hybridized carbons (Fsp3) is 0.207. The van der Waals surface area contributed by atoms with Crippen molar-refractivity contribution < 1.29 is 32.7 Å². The van der Waals surface area contributed by atoms with Crippen LogP contribution < -0.4 is 16.8 Å². The summed E-state index contributed by atoms with van der Waals surface area (Å²) in [5.74, 6) is -4.35. The van der Waals surface area contributed by atoms with Crippen molar-refractivity contribution in [2.75, 3.05) is 12.8 Å². The van der Waals surface area contributed by atoms with Gasteiger partial charge >= 0.3 is 5.97 Å². The van der Waals surface area contributed by atoms with Crippen molar-refractivity contribution in [1.29, 1.82) is 0 Å². The Balaban J connectivity index is 1.62. The van der Waals surface area contributed by atoms with Crippen LogP contribution in [-0.2, 0) is 19.4 Å². The summed E-state index contributed by atoms with van der Waals surface area (Å²) >= 11 is 12.7. The van der Waals surface area contributed by atoms with E-state index in [1.807, 2.05) is 0 Å². The minimum atomic E-state index is -3.39. The number of aliphatic imine (C=N–C) groups is 1. The van der Waals surface area contributed by atoms with Gasteiger partial charge in [-0.05, 0) is 47.5 Å². The molecule has 0 unspecified atom stereocenters. The van der Waals surface area contributed by atoms with E-state index < -0.39 is 39.8 Å². The molecule has 43 heavy (non-hydrogen) atoms. The lowest BCUT2D eigenvalue weighted by molar-refractivity contribution is -0.141. The number of hydrogen-bond donors (Lipinski definition) is 4. The van der Waals surface area contributed by atoms with E-state index in [1.165, 1.54) is 30.3 Å². The summed E-state index contributed by atoms with van der Waals surface area (Å²) in [6.45, 7) is -0.367. The zero-order chi connectivity index (χ0) is 31.9. The maximum absolute atomic E-state index is 13.0. The molecule has 3 rings (SSSR count). The quantitative estimate of drug-likeness (QED) is 0.120. The molecule has 0 saturated carbocycles. The van der Waals surface area contributed by atoms with E-state index in [9.17, 15) is 32.7 Å². The van der Waals surface area contributed by atoms with Crippen molar-refractivity contribution in [3.63, 3.8) is 0 Å². The number of ketones is 2. The van der Waals surface area contributed by atoms with Gasteiger partial charge < -0.3 is 21.9 Å². The molecule has 3 aromatic rings. The fourth-order valence-electron chi connectivity index (χ4n) is 4.07. The predicted molar refractivity (Wildman–Crippen MR) is 164 cm³/mol. The monoisotopic (exact) mass is 646 g/mol. The average Bonchev–Trinajstić information content (AvgIpc) is 2.92. The molecule has 14 heteroatoms. The number of aliphatic carboxylic acids is 1. The summed E-state index contributed by atoms with van der Waals surface area (Å²) in [6, 6.07) is 15.2. The van der Waals surface area contributed by atoms with E-state index in [-0.39, 0.29) is 51.6 Å². The number of carboxylic acids is 1. The maximum Gasteiger partial charge on any atom is 0.308 e. The Morgan fingerprint density at radius 1 is 0.907 bits per heavy atom. The number of hydrogen-bond acceptors (Lipinski definition) is 7. The molecule has 0 fully saturated rings. The highest BCUT2D eigenvalue weighted by Crippen LogP contribution is 2.33. The van der Waals surface area contributed by atoms with E-state index in [4.69, 9.17) is 34.7 Å². The molecule has 11 nitrogen and oxygen atoms in total. The first kappa shape index (κ1) is 33.2. The Labute approximate surface area is 257 Å². The van der Waals surface area contributed by atoms with Crippen molar-refractivity contribution in [1.82, 2.24) is 5.32 Å². The Morgan fingerprint density at radius 2 is 1.53 bits per heavy atom. The Morgan fingerprint density at radius 3 is 2.09 bits per heavy atom. The molecule has 3 aromatic carbocycles. The second kappa shape index (κ2) is 14.3. The van der Waals surface area contributed by atoms with Gasteiger partial charge in [-0.15, -0.1) is 0 Å². The first-order valence-electron chi connectivity index (χ1n) is 12.7. The topological polar surface area (TPSA) is 199 Å². The molecule has 6 N–H and O–H groups in total. The van der Waals surface area contributed by atoms with Crippen molar-refractivity contribution in [3.05, 3.63) is 81.8 Å². The van der Waals surface area contributed by atoms with Gasteiger partial charge in [0.15, 0.2) is 27.4 Å². The number of nitrogens with two attached hydrogens (primary N) is 2. The Bertz CT molecular complexity index is 1680. The molecule has 0 spiro atoms. The lowest BCUT2D eigenvalue weighted by atomic mass is 9.96. The third-order valence-corrected chi connectivity index (χ3v) is 7.99. The van der Waals surface area contributed by atoms with Crippen LogP contribution in [-0.4, -0.2) is 55.7 Å². The molecule has 0 aliphatic rings. The third kappa shape index (κ3) is 9.37. The van der Waals surface area contributed by atoms with Gasteiger partial charge in [-0.25, -0.2) is 13.4 Å². The minimum absolute atomic E-state index is 0.0183. The number of amides is 1. The molecule has 1 atom stereocenters. The summed E-state index contributed by atoms with van der Waals surface area (Å²) in [6.07, 6.45) is 0.220. The zero-order valence-corrected chi connectivity index (χ0v) is 25.2. The van der Waals surface area contributed by atoms with Crippen LogP contribution >= 0.6 is 23.2 Å². The van der Waals surface area contributed by atoms with E-state index in [2.05, 4.69) is 10.3 Å². The number of Topliss-reactive ketones (excluding diaryl/α,β-unsaturated/α-hetero) is 2. The SMILES string of the molecule is CS(=O)(=O)c1ccc(-c2cc(Cl)c(C(=O)C[C@@H](CNC(=O)CCC(=O)c3cccc(N=C(N)N)c3)C(=O)O)c(Cl)c2)cc1. The number of halogens is 2. The molecule has 0 saturated heterocycles. The van der Waals surface area contributed by atoms with Crippen molar-refractivity contribution in [2.24, 2.45) is 22.4 Å². The number of sulfone groups is 1. The van der Waals surface area contributed by atoms with Crippen LogP contribution in [0.15, 0.2) is 70.6 Å². The molecule has 226 valence electrons. The molecule has 1 amide bonds. The fourth-order valence-corrected chi connectivity index (χ4v) is 5.40. The van der Waals surface area contributed by atoms with Crippen LogP contribution in [0.5, 0.6) is 0 Å². The van der Waals surface area contributed by atoms with Crippen LogP contribution in [0.1, 0.15) is 40.0 Å². The Kier molecular flexibility index (Phi) is 11.0. The lowest BCUT2D eigenvalue weighted by Gasteiger charge is -2.15. The first-order valence-corrected chi connectivity index (χ1v) is 15.4. The summed E-state index contributed by atoms with van der Waals surface area (Å²) in [7, 11) is -3.39. The number of carbonyl (C=O) groups excluding carboxylic acids is 3. The van der Waals surface area contributed by atoms with Crippen LogP contribution in [0, 0.1) is 5.92 Å². The summed E-state index contributed by atoms with van der Waals surface area (Å²) < 4.78 is 23.4. The van der Waals surface area contributed by atoms with E-state index in [0.717, 1.165) is 6.26 Å². The number of benzene rings is 3. The van der Waals surface area contributed by atoms with Crippen LogP contribution in [0.2, 0.25) is 10.0 Å². The number of nitrogens with zero attached hydrogens (tertiary/aromatic N) is 1. The van der Waals surface area contributed by atoms with Gasteiger partial charge in [-0.2, -0.15) is 0 Å². The summed E-state index contributed by atoms with van der Waals surface area (Å²) in [5.41, 5.74) is 12.4. The number of rotatable bonds is 13. The van der Waals surface area contributed by atoms with Gasteiger partial charge in [0.2, 0.25) is 5.91 Å². The summed E-state index contributed by atoms with van der Waals surface area (Å²) in [5, 5.41) is 12.1. The standard InChI is InChI=1S/C29H28Cl2N4O7S/c1-43(41,42)21-7-5-16(6-8-21)18-12-22(30)27(23(31)13-18)25(37)14-19(28(39)40)15-34-26(38)10-9-24(36)17-3-2-4-20(11-17)35-29(32)33/h2-8,11-13,19H,9-10,14-15H2,1H3,(H,34,38)(H,39,40)(H4,32,33,35)/t19-/m0/s1. The van der Waals surface area contributed by atoms with Gasteiger partial charge in [-0.3, -0.25) is 19.2 Å². The smallest absolute Gasteiger partial charge is 0.308 e. The largest absolute Gasteiger partial charge is 0.481 e. The van der Waals surface area contributed by atoms with Gasteiger partial charge in [0.1, 0.15) is 0 Å². The number of guanidine groups is 1. The number of nitrogens with one attached hydrogen (secondary N) is 1. The highest BCUT2D eigenvalue weighted by atomic mass is 35.5. The molecule has 0 bridgehead atoms. The highest BCUT2D eigenvalue weighted by molar-refractivity contribution is 7.90. The molecular formula is C29H28Cl2N4O7S. The normalized spacial score (nSPS) is 11.8. The molecule has 0 aliphatic heterocycles. The molecule has 0 aromatic heterocycles. The number of carbonyl (C=O) groups is 4. The average molecular weight is 648 g/mol. The second-order valence-electron chi connectivity index (χ2n) is 9.59. The van der Waals surface area contributed by atoms with E-state index >= 15 is 0 Å². The predicted octanol–water partition coefficient (Wildman–Crippen LogP) is 4.02. The van der Waals surface area contributed by atoms with Crippen molar-refractivity contribution in [3.8, 4) is 11.1 Å². The lowest BCUT2D eigenvalue weighted by Crippen LogP contribution is -2.34. The first-order chi connectivity index (χ1) is 20.1. The Hall–Kier alpha value is -4.26. The molecule has 0 aliphatic carbocycles. The maximum atomic E-state index is 13.0. The van der Waals surface area contributed by atoms with Gasteiger partial charge in [-0.1, -0.05) is 47.5 Å². The van der Waals surface area contributed by atoms with Gasteiger partial charge in [0.25, 0.3) is 0 Å². The van der Waals surface area contributed by atoms with Crippen LogP contribution in [0.4, 0.5) is 5.69 Å². The van der Waals surface area contributed by atoms with E-state index in [1.54, 1.807) is 30.3 Å². The van der Waals surface area contributed by atoms with Crippen LogP contribution in [0.3, 0.4) is 0 Å². The van der Waals surface area contributed by atoms with Gasteiger partial charge in [0.05, 0.1) is 32.1 Å². The molecular weight excluding hydrogens is 619 g/mol. The molecule has 0 heterocycles. The van der Waals surface area contributed by atoms with Crippen LogP contribution in [0.25, 0.3) is 11.1 Å². The summed E-state index contributed by atoms with van der Waals surface area (Å²) in [4.78, 5) is 53.7. The van der Waals surface area contributed by atoms with Crippen molar-refractivity contribution >= 4 is 68.1 Å². The van der Waals surface area contributed by atoms with Crippen molar-refractivity contribution in [2.45, 2.75) is 24.2 Å². The minimum Gasteiger partial charge on any atom is -0.481 e. The number of carboxylic acid groups (broad SMARTS) is 1. The molecule has 0 radical (unpaired) electrons.